The van der Waals surface area contributed by atoms with Crippen molar-refractivity contribution < 1.29 is 0 Å². The van der Waals surface area contributed by atoms with E-state index in [1.54, 1.807) is 18.2 Å². The Bertz CT molecular complexity index is 549. The van der Waals surface area contributed by atoms with Gasteiger partial charge in [-0.25, -0.2) is 4.98 Å². The number of benzene rings is 1. The molecule has 1 heterocycles. The minimum absolute atomic E-state index is 0.221. The van der Waals surface area contributed by atoms with E-state index in [9.17, 15) is 4.79 Å². The number of hydrogen-bond acceptors (Lipinski definition) is 2. The SMILES string of the molecule is C#Cc1ccc2ncc(=O)[nH]c2c1. The second kappa shape index (κ2) is 2.76. The van der Waals surface area contributed by atoms with Crippen LogP contribution in [0.1, 0.15) is 5.56 Å². The molecule has 0 saturated carbocycles. The topological polar surface area (TPSA) is 45.8 Å². The molecule has 0 amide bonds. The monoisotopic (exact) mass is 170 g/mol. The summed E-state index contributed by atoms with van der Waals surface area (Å²) in [6.07, 6.45) is 6.46. The Kier molecular flexibility index (Phi) is 1.60. The van der Waals surface area contributed by atoms with E-state index in [0.29, 0.717) is 5.52 Å². The van der Waals surface area contributed by atoms with Crippen LogP contribution in [0.4, 0.5) is 0 Å². The molecule has 1 aromatic heterocycles. The van der Waals surface area contributed by atoms with Crippen LogP contribution < -0.4 is 5.56 Å². The normalized spacial score (nSPS) is 9.77. The fourth-order valence-corrected chi connectivity index (χ4v) is 1.13. The van der Waals surface area contributed by atoms with Crippen molar-refractivity contribution in [3.63, 3.8) is 0 Å². The Labute approximate surface area is 74.4 Å². The van der Waals surface area contributed by atoms with Gasteiger partial charge in [0.2, 0.25) is 0 Å². The molecule has 1 aromatic carbocycles. The largest absolute Gasteiger partial charge is 0.319 e. The van der Waals surface area contributed by atoms with Crippen molar-refractivity contribution in [2.75, 3.05) is 0 Å². The zero-order valence-corrected chi connectivity index (χ0v) is 6.74. The Morgan fingerprint density at radius 1 is 1.46 bits per heavy atom. The number of aromatic nitrogens is 2. The summed E-state index contributed by atoms with van der Waals surface area (Å²) in [4.78, 5) is 17.5. The maximum atomic E-state index is 10.9. The lowest BCUT2D eigenvalue weighted by Gasteiger charge is -1.95. The first-order valence-electron chi connectivity index (χ1n) is 3.75. The molecule has 0 atom stereocenters. The van der Waals surface area contributed by atoms with Crippen LogP contribution in [0.15, 0.2) is 29.2 Å². The van der Waals surface area contributed by atoms with Crippen LogP contribution in [-0.4, -0.2) is 9.97 Å². The third-order valence-corrected chi connectivity index (χ3v) is 1.74. The molecular weight excluding hydrogens is 164 g/mol. The molecule has 2 rings (SSSR count). The standard InChI is InChI=1S/C10H6N2O/c1-2-7-3-4-8-9(5-7)12-10(13)6-11-8/h1,3-6H,(H,12,13). The Morgan fingerprint density at radius 2 is 2.31 bits per heavy atom. The van der Waals surface area contributed by atoms with Crippen molar-refractivity contribution in [3.8, 4) is 12.3 Å². The van der Waals surface area contributed by atoms with E-state index in [-0.39, 0.29) is 5.56 Å². The number of aromatic amines is 1. The maximum Gasteiger partial charge on any atom is 0.266 e. The van der Waals surface area contributed by atoms with Gasteiger partial charge in [0.15, 0.2) is 0 Å². The first kappa shape index (κ1) is 7.56. The van der Waals surface area contributed by atoms with Gasteiger partial charge >= 0.3 is 0 Å². The molecule has 0 aliphatic carbocycles. The smallest absolute Gasteiger partial charge is 0.266 e. The number of H-pyrrole nitrogens is 1. The second-order valence-electron chi connectivity index (χ2n) is 2.62. The van der Waals surface area contributed by atoms with Gasteiger partial charge in [0.25, 0.3) is 5.56 Å². The van der Waals surface area contributed by atoms with Crippen LogP contribution in [0, 0.1) is 12.3 Å². The fourth-order valence-electron chi connectivity index (χ4n) is 1.13. The number of nitrogens with one attached hydrogen (secondary N) is 1. The minimum atomic E-state index is -0.221. The van der Waals surface area contributed by atoms with Gasteiger partial charge in [0.1, 0.15) is 0 Å². The molecule has 0 fully saturated rings. The van der Waals surface area contributed by atoms with Gasteiger partial charge in [-0.1, -0.05) is 5.92 Å². The number of fused-ring (bicyclic) bond motifs is 1. The highest BCUT2D eigenvalue weighted by Crippen LogP contribution is 2.08. The van der Waals surface area contributed by atoms with Crippen LogP contribution in [0.5, 0.6) is 0 Å². The van der Waals surface area contributed by atoms with Crippen LogP contribution in [0.3, 0.4) is 0 Å². The highest BCUT2D eigenvalue weighted by atomic mass is 16.1. The molecule has 0 unspecified atom stereocenters. The van der Waals surface area contributed by atoms with E-state index in [0.717, 1.165) is 11.1 Å². The average molecular weight is 170 g/mol. The van der Waals surface area contributed by atoms with E-state index in [4.69, 9.17) is 6.42 Å². The number of rotatable bonds is 0. The zero-order valence-electron chi connectivity index (χ0n) is 6.74. The summed E-state index contributed by atoms with van der Waals surface area (Å²) in [5, 5.41) is 0. The molecule has 0 aliphatic heterocycles. The zero-order chi connectivity index (χ0) is 9.26. The molecule has 0 bridgehead atoms. The van der Waals surface area contributed by atoms with Gasteiger partial charge in [-0.3, -0.25) is 4.79 Å². The lowest BCUT2D eigenvalue weighted by atomic mass is 10.2. The van der Waals surface area contributed by atoms with Crippen molar-refractivity contribution in [2.24, 2.45) is 0 Å². The van der Waals surface area contributed by atoms with Crippen molar-refractivity contribution >= 4 is 11.0 Å². The van der Waals surface area contributed by atoms with E-state index >= 15 is 0 Å². The highest BCUT2D eigenvalue weighted by molar-refractivity contribution is 5.75. The van der Waals surface area contributed by atoms with E-state index < -0.39 is 0 Å². The number of hydrogen-bond donors (Lipinski definition) is 1. The lowest BCUT2D eigenvalue weighted by Crippen LogP contribution is -2.04. The molecular formula is C10H6N2O. The molecule has 62 valence electrons. The van der Waals surface area contributed by atoms with Gasteiger partial charge in [-0.2, -0.15) is 0 Å². The fraction of sp³-hybridized carbons (Fsp3) is 0. The van der Waals surface area contributed by atoms with E-state index in [1.807, 2.05) is 0 Å². The number of nitrogens with zero attached hydrogens (tertiary/aromatic N) is 1. The van der Waals surface area contributed by atoms with Crippen LogP contribution in [-0.2, 0) is 0 Å². The first-order chi connectivity index (χ1) is 6.29. The van der Waals surface area contributed by atoms with Crippen LogP contribution >= 0.6 is 0 Å². The molecule has 3 nitrogen and oxygen atoms in total. The molecule has 0 aliphatic rings. The summed E-state index contributed by atoms with van der Waals surface area (Å²) in [7, 11) is 0. The quantitative estimate of drug-likeness (QED) is 0.597. The molecule has 13 heavy (non-hydrogen) atoms. The van der Waals surface area contributed by atoms with Crippen molar-refractivity contribution in [3.05, 3.63) is 40.3 Å². The summed E-state index contributed by atoms with van der Waals surface area (Å²) >= 11 is 0. The molecule has 3 heteroatoms. The summed E-state index contributed by atoms with van der Waals surface area (Å²) in [6.45, 7) is 0. The van der Waals surface area contributed by atoms with Gasteiger partial charge in [0, 0.05) is 5.56 Å². The third-order valence-electron chi connectivity index (χ3n) is 1.74. The van der Waals surface area contributed by atoms with Crippen LogP contribution in [0.2, 0.25) is 0 Å². The van der Waals surface area contributed by atoms with E-state index in [2.05, 4.69) is 15.9 Å². The lowest BCUT2D eigenvalue weighted by molar-refractivity contribution is 1.22. The molecule has 0 spiro atoms. The molecule has 0 saturated heterocycles. The van der Waals surface area contributed by atoms with Gasteiger partial charge in [-0.15, -0.1) is 6.42 Å². The molecule has 2 aromatic rings. The third kappa shape index (κ3) is 1.30. The van der Waals surface area contributed by atoms with Crippen molar-refractivity contribution in [1.29, 1.82) is 0 Å². The average Bonchev–Trinajstić information content (AvgIpc) is 2.16. The Balaban J connectivity index is 2.84. The summed E-state index contributed by atoms with van der Waals surface area (Å²) in [6, 6.07) is 5.29. The van der Waals surface area contributed by atoms with Gasteiger partial charge in [-0.05, 0) is 18.2 Å². The van der Waals surface area contributed by atoms with E-state index in [1.165, 1.54) is 6.20 Å². The van der Waals surface area contributed by atoms with Crippen molar-refractivity contribution in [2.45, 2.75) is 0 Å². The summed E-state index contributed by atoms with van der Waals surface area (Å²) in [5.41, 5.74) is 1.92. The van der Waals surface area contributed by atoms with Gasteiger partial charge in [0.05, 0.1) is 17.2 Å². The predicted molar refractivity (Wildman–Crippen MR) is 50.3 cm³/mol. The van der Waals surface area contributed by atoms with Crippen molar-refractivity contribution in [1.82, 2.24) is 9.97 Å². The second-order valence-corrected chi connectivity index (χ2v) is 2.62. The Hall–Kier alpha value is -2.08. The number of terminal acetylenes is 1. The van der Waals surface area contributed by atoms with Crippen LogP contribution in [0.25, 0.3) is 11.0 Å². The Morgan fingerprint density at radius 3 is 3.08 bits per heavy atom. The summed E-state index contributed by atoms with van der Waals surface area (Å²) < 4.78 is 0. The molecule has 1 N–H and O–H groups in total. The predicted octanol–water partition coefficient (Wildman–Crippen LogP) is 0.904. The molecule has 0 radical (unpaired) electrons. The van der Waals surface area contributed by atoms with Gasteiger partial charge < -0.3 is 4.98 Å². The summed E-state index contributed by atoms with van der Waals surface area (Å²) in [5.74, 6) is 2.49. The minimum Gasteiger partial charge on any atom is -0.319 e. The maximum absolute atomic E-state index is 10.9. The highest BCUT2D eigenvalue weighted by Gasteiger charge is 1.95. The first-order valence-corrected chi connectivity index (χ1v) is 3.75.